The smallest absolute Gasteiger partial charge is 0.261 e. The second-order valence-corrected chi connectivity index (χ2v) is 6.85. The average molecular weight is 317 g/mol. The standard InChI is InChI=1S/C17H19NO3S/c1-14(19)6-5-7-15-10-12-16(13-11-15)18-22(20,21)17-8-3-2-4-9-17/h2-4,8-13,18H,5-7H2,1H3. The molecule has 116 valence electrons. The van der Waals surface area contributed by atoms with Crippen LogP contribution in [0.1, 0.15) is 25.3 Å². The third kappa shape index (κ3) is 4.70. The molecular formula is C17H19NO3S. The van der Waals surface area contributed by atoms with Crippen molar-refractivity contribution in [2.24, 2.45) is 0 Å². The van der Waals surface area contributed by atoms with Crippen molar-refractivity contribution in [3.05, 3.63) is 60.2 Å². The van der Waals surface area contributed by atoms with Crippen LogP contribution in [0.4, 0.5) is 5.69 Å². The summed E-state index contributed by atoms with van der Waals surface area (Å²) in [4.78, 5) is 11.1. The zero-order chi connectivity index (χ0) is 16.0. The van der Waals surface area contributed by atoms with E-state index in [1.165, 1.54) is 0 Å². The summed E-state index contributed by atoms with van der Waals surface area (Å²) >= 11 is 0. The second-order valence-electron chi connectivity index (χ2n) is 5.17. The minimum absolute atomic E-state index is 0.187. The maximum Gasteiger partial charge on any atom is 0.261 e. The fraction of sp³-hybridized carbons (Fsp3) is 0.235. The maximum absolute atomic E-state index is 12.2. The molecule has 0 aromatic heterocycles. The van der Waals surface area contributed by atoms with Crippen molar-refractivity contribution < 1.29 is 13.2 Å². The highest BCUT2D eigenvalue weighted by molar-refractivity contribution is 7.92. The van der Waals surface area contributed by atoms with E-state index in [0.29, 0.717) is 12.1 Å². The van der Waals surface area contributed by atoms with Gasteiger partial charge in [-0.15, -0.1) is 0 Å². The first kappa shape index (κ1) is 16.2. The van der Waals surface area contributed by atoms with Crippen molar-refractivity contribution in [3.8, 4) is 0 Å². The Morgan fingerprint density at radius 1 is 1.00 bits per heavy atom. The van der Waals surface area contributed by atoms with Crippen LogP contribution in [0.3, 0.4) is 0 Å². The van der Waals surface area contributed by atoms with Crippen molar-refractivity contribution in [3.63, 3.8) is 0 Å². The van der Waals surface area contributed by atoms with Gasteiger partial charge < -0.3 is 4.79 Å². The lowest BCUT2D eigenvalue weighted by Gasteiger charge is -2.08. The Hall–Kier alpha value is -2.14. The van der Waals surface area contributed by atoms with Gasteiger partial charge in [0.25, 0.3) is 10.0 Å². The second kappa shape index (κ2) is 7.22. The van der Waals surface area contributed by atoms with E-state index in [4.69, 9.17) is 0 Å². The third-order valence-electron chi connectivity index (χ3n) is 3.25. The van der Waals surface area contributed by atoms with Crippen molar-refractivity contribution >= 4 is 21.5 Å². The molecule has 0 fully saturated rings. The van der Waals surface area contributed by atoms with Gasteiger partial charge in [0.2, 0.25) is 0 Å². The van der Waals surface area contributed by atoms with E-state index in [1.807, 2.05) is 12.1 Å². The van der Waals surface area contributed by atoms with Gasteiger partial charge in [-0.05, 0) is 49.6 Å². The van der Waals surface area contributed by atoms with Gasteiger partial charge in [0.05, 0.1) is 4.90 Å². The molecule has 0 saturated heterocycles. The van der Waals surface area contributed by atoms with Crippen molar-refractivity contribution in [2.45, 2.75) is 31.1 Å². The summed E-state index contributed by atoms with van der Waals surface area (Å²) in [6.07, 6.45) is 2.19. The number of carbonyl (C=O) groups excluding carboxylic acids is 1. The minimum atomic E-state index is -3.55. The van der Waals surface area contributed by atoms with Crippen LogP contribution >= 0.6 is 0 Å². The summed E-state index contributed by atoms with van der Waals surface area (Å²) in [6, 6.07) is 15.5. The average Bonchev–Trinajstić information content (AvgIpc) is 2.49. The first-order valence-electron chi connectivity index (χ1n) is 7.13. The van der Waals surface area contributed by atoms with E-state index in [2.05, 4.69) is 4.72 Å². The molecule has 0 amide bonds. The number of Topliss-reactive ketones (excluding diaryl/α,β-unsaturated/α-hetero) is 1. The molecule has 4 nitrogen and oxygen atoms in total. The predicted molar refractivity (Wildman–Crippen MR) is 87.3 cm³/mol. The predicted octanol–water partition coefficient (Wildman–Crippen LogP) is 3.40. The third-order valence-corrected chi connectivity index (χ3v) is 4.65. The lowest BCUT2D eigenvalue weighted by atomic mass is 10.1. The molecular weight excluding hydrogens is 298 g/mol. The summed E-state index contributed by atoms with van der Waals surface area (Å²) in [5.41, 5.74) is 1.61. The van der Waals surface area contributed by atoms with Gasteiger partial charge in [-0.1, -0.05) is 30.3 Å². The Kier molecular flexibility index (Phi) is 5.33. The number of rotatable bonds is 7. The lowest BCUT2D eigenvalue weighted by molar-refractivity contribution is -0.117. The Labute approximate surface area is 131 Å². The van der Waals surface area contributed by atoms with Crippen LogP contribution in [0, 0.1) is 0 Å². The van der Waals surface area contributed by atoms with Gasteiger partial charge in [-0.25, -0.2) is 8.42 Å². The highest BCUT2D eigenvalue weighted by Gasteiger charge is 2.13. The quantitative estimate of drug-likeness (QED) is 0.851. The molecule has 0 heterocycles. The number of sulfonamides is 1. The first-order valence-corrected chi connectivity index (χ1v) is 8.62. The molecule has 22 heavy (non-hydrogen) atoms. The van der Waals surface area contributed by atoms with E-state index in [1.54, 1.807) is 49.4 Å². The lowest BCUT2D eigenvalue weighted by Crippen LogP contribution is -2.12. The Morgan fingerprint density at radius 3 is 2.23 bits per heavy atom. The van der Waals surface area contributed by atoms with Gasteiger partial charge in [0.15, 0.2) is 0 Å². The van der Waals surface area contributed by atoms with Gasteiger partial charge in [0, 0.05) is 12.1 Å². The molecule has 2 rings (SSSR count). The van der Waals surface area contributed by atoms with E-state index in [9.17, 15) is 13.2 Å². The highest BCUT2D eigenvalue weighted by atomic mass is 32.2. The molecule has 0 radical (unpaired) electrons. The van der Waals surface area contributed by atoms with Crippen molar-refractivity contribution in [2.75, 3.05) is 4.72 Å². The SMILES string of the molecule is CC(=O)CCCc1ccc(NS(=O)(=O)c2ccccc2)cc1. The van der Waals surface area contributed by atoms with Crippen LogP contribution in [0.2, 0.25) is 0 Å². The number of hydrogen-bond donors (Lipinski definition) is 1. The largest absolute Gasteiger partial charge is 0.300 e. The molecule has 0 atom stereocenters. The van der Waals surface area contributed by atoms with Crippen LogP contribution < -0.4 is 4.72 Å². The van der Waals surface area contributed by atoms with Gasteiger partial charge in [-0.3, -0.25) is 4.72 Å². The Bertz CT molecular complexity index is 722. The summed E-state index contributed by atoms with van der Waals surface area (Å²) in [5.74, 6) is 0.187. The van der Waals surface area contributed by atoms with E-state index >= 15 is 0 Å². The molecule has 0 unspecified atom stereocenters. The highest BCUT2D eigenvalue weighted by Crippen LogP contribution is 2.17. The molecule has 0 aliphatic carbocycles. The van der Waals surface area contributed by atoms with E-state index < -0.39 is 10.0 Å². The molecule has 0 spiro atoms. The topological polar surface area (TPSA) is 63.2 Å². The zero-order valence-electron chi connectivity index (χ0n) is 12.5. The number of anilines is 1. The Balaban J connectivity index is 2.01. The fourth-order valence-corrected chi connectivity index (χ4v) is 3.17. The maximum atomic E-state index is 12.2. The Morgan fingerprint density at radius 2 is 1.64 bits per heavy atom. The summed E-state index contributed by atoms with van der Waals surface area (Å²) < 4.78 is 26.9. The number of benzene rings is 2. The molecule has 0 aliphatic heterocycles. The molecule has 0 aliphatic rings. The number of aryl methyl sites for hydroxylation is 1. The van der Waals surface area contributed by atoms with Gasteiger partial charge in [0.1, 0.15) is 5.78 Å². The number of nitrogens with one attached hydrogen (secondary N) is 1. The minimum Gasteiger partial charge on any atom is -0.300 e. The normalized spacial score (nSPS) is 11.1. The van der Waals surface area contributed by atoms with Crippen LogP contribution in [-0.2, 0) is 21.2 Å². The van der Waals surface area contributed by atoms with Crippen molar-refractivity contribution in [1.82, 2.24) is 0 Å². The van der Waals surface area contributed by atoms with E-state index in [0.717, 1.165) is 18.4 Å². The molecule has 5 heteroatoms. The molecule has 0 bridgehead atoms. The molecule has 1 N–H and O–H groups in total. The van der Waals surface area contributed by atoms with Crippen LogP contribution in [-0.4, -0.2) is 14.2 Å². The summed E-state index contributed by atoms with van der Waals surface area (Å²) in [6.45, 7) is 1.58. The molecule has 0 saturated carbocycles. The number of ketones is 1. The van der Waals surface area contributed by atoms with Crippen molar-refractivity contribution in [1.29, 1.82) is 0 Å². The van der Waals surface area contributed by atoms with Gasteiger partial charge >= 0.3 is 0 Å². The molecule has 2 aromatic rings. The van der Waals surface area contributed by atoms with E-state index in [-0.39, 0.29) is 10.7 Å². The monoisotopic (exact) mass is 317 g/mol. The van der Waals surface area contributed by atoms with Crippen LogP contribution in [0.25, 0.3) is 0 Å². The summed E-state index contributed by atoms with van der Waals surface area (Å²) in [7, 11) is -3.55. The first-order chi connectivity index (χ1) is 10.5. The number of carbonyl (C=O) groups is 1. The zero-order valence-corrected chi connectivity index (χ0v) is 13.3. The summed E-state index contributed by atoms with van der Waals surface area (Å²) in [5, 5.41) is 0. The van der Waals surface area contributed by atoms with Crippen LogP contribution in [0.5, 0.6) is 0 Å². The number of hydrogen-bond acceptors (Lipinski definition) is 3. The fourth-order valence-electron chi connectivity index (χ4n) is 2.09. The molecule has 2 aromatic carbocycles. The van der Waals surface area contributed by atoms with Crippen LogP contribution in [0.15, 0.2) is 59.5 Å². The van der Waals surface area contributed by atoms with Gasteiger partial charge in [-0.2, -0.15) is 0 Å².